The standard InChI is InChI=1S/C57H60N9O14P/c1-38(2)64(39(3)4)81(77-32-12-31-58)80-50-48(35-76-57(42-13-8-6-9-14-42,43-15-10-7-11-16-43)44-21-27-47(73-5)28-22-44)78-54(51(50)79-56(68)75-34-30-41-19-25-46(26-20-41)66(71)72)63-37-61-49-52(59-36-60-53(49)63)62-55(67)74-33-29-40-17-23-45(24-18-40)65(69)70/h6-11,13-28,36-39,48,50-51,54H,12,29-30,32-35H2,1-5H3,(H,59,60,62,67)/t48-,50-,51+,54-,81?/m1/s1. The monoisotopic (exact) mass is 1130 g/mol. The van der Waals surface area contributed by atoms with Crippen LogP contribution in [0.2, 0.25) is 0 Å². The van der Waals surface area contributed by atoms with E-state index in [1.807, 2.05) is 117 Å². The van der Waals surface area contributed by atoms with Gasteiger partial charge in [-0.1, -0.05) is 97.1 Å². The summed E-state index contributed by atoms with van der Waals surface area (Å²) in [4.78, 5) is 62.4. The zero-order valence-electron chi connectivity index (χ0n) is 45.0. The fourth-order valence-corrected chi connectivity index (χ4v) is 11.1. The summed E-state index contributed by atoms with van der Waals surface area (Å²) in [7, 11) is -0.479. The predicted molar refractivity (Wildman–Crippen MR) is 296 cm³/mol. The minimum atomic E-state index is -2.07. The number of benzene rings is 5. The summed E-state index contributed by atoms with van der Waals surface area (Å²) in [6, 6.07) is 40.5. The molecule has 1 amide bonds. The van der Waals surface area contributed by atoms with Gasteiger partial charge in [-0.05, 0) is 67.6 Å². The predicted octanol–water partition coefficient (Wildman–Crippen LogP) is 10.8. The molecule has 1 aliphatic rings. The highest BCUT2D eigenvalue weighted by molar-refractivity contribution is 7.44. The number of fused-ring (bicyclic) bond motifs is 1. The number of nitrogens with one attached hydrogen (secondary N) is 1. The molecular weight excluding hydrogens is 1070 g/mol. The third-order valence-corrected chi connectivity index (χ3v) is 15.2. The zero-order valence-corrected chi connectivity index (χ0v) is 45.9. The maximum Gasteiger partial charge on any atom is 0.508 e. The number of nitro groups is 2. The number of hydrogen-bond donors (Lipinski definition) is 1. The molecule has 1 N–H and O–H groups in total. The Morgan fingerprint density at radius 2 is 1.33 bits per heavy atom. The van der Waals surface area contributed by atoms with E-state index >= 15 is 0 Å². The highest BCUT2D eigenvalue weighted by Gasteiger charge is 2.53. The SMILES string of the molecule is COc1ccc(C(OC[C@H]2O[C@@H](n3cnc4c(NC(=O)OCCc5ccc([N+](=O)[O-])cc5)ncnc43)[C@@H](OC(=O)OCCc3ccc([N+](=O)[O-])cc3)[C@@H]2OP(OCCC#N)N(C(C)C)C(C)C)(c2ccccc2)c2ccccc2)cc1. The van der Waals surface area contributed by atoms with Gasteiger partial charge in [-0.2, -0.15) is 5.26 Å². The van der Waals surface area contributed by atoms with Crippen LogP contribution in [-0.4, -0.2) is 110 Å². The molecule has 5 aromatic carbocycles. The molecule has 0 aliphatic carbocycles. The third kappa shape index (κ3) is 14.3. The van der Waals surface area contributed by atoms with Crippen molar-refractivity contribution in [2.45, 2.75) is 89.2 Å². The minimum Gasteiger partial charge on any atom is -0.497 e. The van der Waals surface area contributed by atoms with E-state index in [1.54, 1.807) is 31.4 Å². The van der Waals surface area contributed by atoms with E-state index in [2.05, 4.69) is 26.3 Å². The average Bonchev–Trinajstić information content (AvgIpc) is 4.18. The first kappa shape index (κ1) is 58.7. The van der Waals surface area contributed by atoms with E-state index in [1.165, 1.54) is 41.5 Å². The van der Waals surface area contributed by atoms with Gasteiger partial charge in [0.2, 0.25) is 0 Å². The first-order chi connectivity index (χ1) is 39.2. The lowest BCUT2D eigenvalue weighted by atomic mass is 9.80. The van der Waals surface area contributed by atoms with Gasteiger partial charge >= 0.3 is 12.2 Å². The number of aromatic nitrogens is 4. The topological polar surface area (TPSA) is 277 Å². The van der Waals surface area contributed by atoms with Gasteiger partial charge in [-0.3, -0.25) is 30.1 Å². The molecule has 5 atom stereocenters. The zero-order chi connectivity index (χ0) is 57.5. The first-order valence-corrected chi connectivity index (χ1v) is 27.0. The van der Waals surface area contributed by atoms with Crippen molar-refractivity contribution in [3.05, 3.63) is 194 Å². The lowest BCUT2D eigenvalue weighted by molar-refractivity contribution is -0.385. The maximum absolute atomic E-state index is 14.2. The van der Waals surface area contributed by atoms with Gasteiger partial charge in [-0.25, -0.2) is 29.2 Å². The second-order valence-electron chi connectivity index (χ2n) is 19.0. The number of anilines is 1. The summed E-state index contributed by atoms with van der Waals surface area (Å²) >= 11 is 0. The van der Waals surface area contributed by atoms with Crippen molar-refractivity contribution >= 4 is 49.1 Å². The molecule has 0 spiro atoms. The number of nitro benzene ring substituents is 2. The van der Waals surface area contributed by atoms with Crippen LogP contribution in [0.5, 0.6) is 5.75 Å². The van der Waals surface area contributed by atoms with Gasteiger partial charge in [0.15, 0.2) is 29.3 Å². The fourth-order valence-electron chi connectivity index (χ4n) is 9.34. The highest BCUT2D eigenvalue weighted by Crippen LogP contribution is 2.52. The van der Waals surface area contributed by atoms with E-state index in [0.717, 1.165) is 16.7 Å². The molecule has 24 heteroatoms. The number of nitrogens with zero attached hydrogens (tertiary/aromatic N) is 8. The summed E-state index contributed by atoms with van der Waals surface area (Å²) in [5, 5.41) is 34.7. The lowest BCUT2D eigenvalue weighted by Crippen LogP contribution is -2.43. The quantitative estimate of drug-likeness (QED) is 0.0132. The van der Waals surface area contributed by atoms with Crippen molar-refractivity contribution in [1.82, 2.24) is 24.2 Å². The van der Waals surface area contributed by atoms with Crippen LogP contribution in [-0.2, 0) is 51.2 Å². The van der Waals surface area contributed by atoms with E-state index < -0.39 is 60.8 Å². The molecule has 23 nitrogen and oxygen atoms in total. The molecule has 8 rings (SSSR count). The molecule has 1 unspecified atom stereocenters. The second kappa shape index (κ2) is 27.6. The summed E-state index contributed by atoms with van der Waals surface area (Å²) < 4.78 is 54.8. The molecule has 1 saturated heterocycles. The molecule has 3 heterocycles. The van der Waals surface area contributed by atoms with Gasteiger partial charge in [0.1, 0.15) is 29.9 Å². The normalized spacial score (nSPS) is 16.5. The van der Waals surface area contributed by atoms with Crippen LogP contribution >= 0.6 is 8.53 Å². The Bertz CT molecular complexity index is 3210. The van der Waals surface area contributed by atoms with Crippen LogP contribution < -0.4 is 10.1 Å². The van der Waals surface area contributed by atoms with Gasteiger partial charge in [0.05, 0.1) is 62.2 Å². The Morgan fingerprint density at radius 3 is 1.88 bits per heavy atom. The van der Waals surface area contributed by atoms with Crippen LogP contribution in [0.15, 0.2) is 146 Å². The summed E-state index contributed by atoms with van der Waals surface area (Å²) in [6.45, 7) is 7.47. The van der Waals surface area contributed by atoms with Crippen LogP contribution in [0.3, 0.4) is 0 Å². The molecule has 0 radical (unpaired) electrons. The van der Waals surface area contributed by atoms with Crippen molar-refractivity contribution in [1.29, 1.82) is 5.26 Å². The number of amides is 1. The Kier molecular flexibility index (Phi) is 20.0. The van der Waals surface area contributed by atoms with Gasteiger partial charge in [0.25, 0.3) is 19.9 Å². The molecule has 81 heavy (non-hydrogen) atoms. The molecule has 1 aliphatic heterocycles. The smallest absolute Gasteiger partial charge is 0.497 e. The lowest BCUT2D eigenvalue weighted by Gasteiger charge is -2.39. The van der Waals surface area contributed by atoms with Crippen molar-refractivity contribution in [3.63, 3.8) is 0 Å². The van der Waals surface area contributed by atoms with Crippen LogP contribution in [0.4, 0.5) is 26.8 Å². The Morgan fingerprint density at radius 1 is 0.765 bits per heavy atom. The first-order valence-electron chi connectivity index (χ1n) is 25.9. The van der Waals surface area contributed by atoms with Crippen molar-refractivity contribution in [3.8, 4) is 11.8 Å². The number of rotatable bonds is 26. The largest absolute Gasteiger partial charge is 0.508 e. The minimum absolute atomic E-state index is 0.00739. The fraction of sp³-hybridized carbons (Fsp3) is 0.333. The highest BCUT2D eigenvalue weighted by atomic mass is 31.2. The van der Waals surface area contributed by atoms with E-state index in [4.69, 9.17) is 37.5 Å². The van der Waals surface area contributed by atoms with E-state index in [-0.39, 0.29) is 86.1 Å². The number of methoxy groups -OCH3 is 1. The average molecular weight is 1130 g/mol. The van der Waals surface area contributed by atoms with Crippen molar-refractivity contribution in [2.24, 2.45) is 0 Å². The molecular formula is C57H60N9O14P. The summed E-state index contributed by atoms with van der Waals surface area (Å²) in [6.07, 6.45) is -3.91. The van der Waals surface area contributed by atoms with Crippen molar-refractivity contribution in [2.75, 3.05) is 38.9 Å². The molecule has 7 aromatic rings. The van der Waals surface area contributed by atoms with Crippen molar-refractivity contribution < 1.29 is 56.9 Å². The van der Waals surface area contributed by atoms with Crippen LogP contribution in [0, 0.1) is 31.6 Å². The number of carbonyl (C=O) groups excluding carboxylic acids is 2. The Balaban J connectivity index is 1.19. The second-order valence-corrected chi connectivity index (χ2v) is 20.4. The molecule has 422 valence electrons. The number of ether oxygens (including phenoxy) is 6. The van der Waals surface area contributed by atoms with E-state index in [9.17, 15) is 35.1 Å². The number of hydrogen-bond acceptors (Lipinski definition) is 19. The number of non-ortho nitro benzene ring substituents is 2. The molecule has 0 bridgehead atoms. The van der Waals surface area contributed by atoms with Gasteiger partial charge in [-0.15, -0.1) is 0 Å². The molecule has 1 fully saturated rings. The van der Waals surface area contributed by atoms with Gasteiger partial charge < -0.3 is 37.5 Å². The van der Waals surface area contributed by atoms with Crippen LogP contribution in [0.25, 0.3) is 11.2 Å². The Hall–Kier alpha value is -8.49. The van der Waals surface area contributed by atoms with Crippen LogP contribution in [0.1, 0.15) is 68.2 Å². The Labute approximate surface area is 467 Å². The summed E-state index contributed by atoms with van der Waals surface area (Å²) in [5.41, 5.74) is 2.43. The molecule has 2 aromatic heterocycles. The number of carbonyl (C=O) groups is 2. The van der Waals surface area contributed by atoms with Gasteiger partial charge in [0, 0.05) is 49.2 Å². The van der Waals surface area contributed by atoms with E-state index in [0.29, 0.717) is 16.9 Å². The molecule has 0 saturated carbocycles. The maximum atomic E-state index is 14.2. The number of nitriles is 1. The third-order valence-electron chi connectivity index (χ3n) is 13.1. The number of imidazole rings is 1. The summed E-state index contributed by atoms with van der Waals surface area (Å²) in [5.74, 6) is 0.599.